The number of anilines is 2. The molecule has 1 fully saturated rings. The Morgan fingerprint density at radius 2 is 1.83 bits per heavy atom. The van der Waals surface area contributed by atoms with Crippen molar-refractivity contribution in [3.8, 4) is 0 Å². The lowest BCUT2D eigenvalue weighted by Gasteiger charge is -2.23. The lowest BCUT2D eigenvalue weighted by Crippen LogP contribution is -2.23. The molecule has 4 nitrogen and oxygen atoms in total. The zero-order valence-electron chi connectivity index (χ0n) is 14.1. The Morgan fingerprint density at radius 3 is 2.61 bits per heavy atom. The van der Waals surface area contributed by atoms with E-state index in [0.29, 0.717) is 12.0 Å². The summed E-state index contributed by atoms with van der Waals surface area (Å²) in [6.07, 6.45) is 6.49. The van der Waals surface area contributed by atoms with Crippen LogP contribution in [0.25, 0.3) is 0 Å². The molecule has 0 amide bonds. The summed E-state index contributed by atoms with van der Waals surface area (Å²) >= 11 is 0. The van der Waals surface area contributed by atoms with Crippen molar-refractivity contribution in [2.75, 3.05) is 10.6 Å². The van der Waals surface area contributed by atoms with Crippen LogP contribution in [0, 0.1) is 13.8 Å². The highest BCUT2D eigenvalue weighted by molar-refractivity contribution is 5.43. The molecule has 122 valence electrons. The van der Waals surface area contributed by atoms with Crippen molar-refractivity contribution >= 4 is 11.8 Å². The summed E-state index contributed by atoms with van der Waals surface area (Å²) in [4.78, 5) is 9.15. The zero-order chi connectivity index (χ0) is 16.1. The standard InChI is InChI=1S/C19H26N4/c1-14-8-6-7-9-16(14)13-20-19-21-15(2)12-18(23-19)22-17-10-4-3-5-11-17/h6-9,12,17H,3-5,10-11,13H2,1-2H3,(H2,20,21,22,23). The van der Waals surface area contributed by atoms with Gasteiger partial charge in [-0.15, -0.1) is 0 Å². The normalized spacial score (nSPS) is 15.4. The highest BCUT2D eigenvalue weighted by atomic mass is 15.1. The smallest absolute Gasteiger partial charge is 0.225 e. The van der Waals surface area contributed by atoms with Gasteiger partial charge in [0.1, 0.15) is 5.82 Å². The first kappa shape index (κ1) is 15.8. The van der Waals surface area contributed by atoms with Crippen LogP contribution >= 0.6 is 0 Å². The van der Waals surface area contributed by atoms with Crippen molar-refractivity contribution in [1.82, 2.24) is 9.97 Å². The Morgan fingerprint density at radius 1 is 1.04 bits per heavy atom. The van der Waals surface area contributed by atoms with Gasteiger partial charge in [0.15, 0.2) is 0 Å². The van der Waals surface area contributed by atoms with Gasteiger partial charge in [0.05, 0.1) is 0 Å². The van der Waals surface area contributed by atoms with Crippen molar-refractivity contribution in [2.45, 2.75) is 58.5 Å². The second-order valence-electron chi connectivity index (χ2n) is 6.48. The lowest BCUT2D eigenvalue weighted by atomic mass is 9.95. The summed E-state index contributed by atoms with van der Waals surface area (Å²) in [7, 11) is 0. The van der Waals surface area contributed by atoms with E-state index in [-0.39, 0.29) is 0 Å². The van der Waals surface area contributed by atoms with E-state index >= 15 is 0 Å². The highest BCUT2D eigenvalue weighted by Gasteiger charge is 2.14. The minimum atomic E-state index is 0.558. The fourth-order valence-electron chi connectivity index (χ4n) is 3.16. The number of rotatable bonds is 5. The van der Waals surface area contributed by atoms with E-state index in [1.165, 1.54) is 43.2 Å². The molecular formula is C19H26N4. The number of aryl methyl sites for hydroxylation is 2. The summed E-state index contributed by atoms with van der Waals surface area (Å²) in [5.41, 5.74) is 3.55. The van der Waals surface area contributed by atoms with Crippen LogP contribution in [0.3, 0.4) is 0 Å². The van der Waals surface area contributed by atoms with Gasteiger partial charge in [0.25, 0.3) is 0 Å². The largest absolute Gasteiger partial charge is 0.367 e. The number of nitrogens with zero attached hydrogens (tertiary/aromatic N) is 2. The number of nitrogens with one attached hydrogen (secondary N) is 2. The Labute approximate surface area is 138 Å². The molecule has 0 atom stereocenters. The summed E-state index contributed by atoms with van der Waals surface area (Å²) < 4.78 is 0. The number of aromatic nitrogens is 2. The van der Waals surface area contributed by atoms with Crippen LogP contribution in [0.15, 0.2) is 30.3 Å². The quantitative estimate of drug-likeness (QED) is 0.856. The van der Waals surface area contributed by atoms with Gasteiger partial charge in [0, 0.05) is 24.3 Å². The van der Waals surface area contributed by atoms with E-state index in [9.17, 15) is 0 Å². The predicted molar refractivity (Wildman–Crippen MR) is 95.8 cm³/mol. The third kappa shape index (κ3) is 4.44. The molecule has 0 saturated heterocycles. The van der Waals surface area contributed by atoms with Crippen molar-refractivity contribution in [1.29, 1.82) is 0 Å². The maximum Gasteiger partial charge on any atom is 0.225 e. The molecule has 23 heavy (non-hydrogen) atoms. The van der Waals surface area contributed by atoms with E-state index in [4.69, 9.17) is 0 Å². The Balaban J connectivity index is 1.66. The van der Waals surface area contributed by atoms with Gasteiger partial charge in [0.2, 0.25) is 5.95 Å². The average Bonchev–Trinajstić information content (AvgIpc) is 2.54. The second kappa shape index (κ2) is 7.44. The summed E-state index contributed by atoms with van der Waals surface area (Å²) in [6.45, 7) is 4.90. The van der Waals surface area contributed by atoms with Gasteiger partial charge in [-0.1, -0.05) is 43.5 Å². The first-order chi connectivity index (χ1) is 11.2. The molecule has 0 spiro atoms. The molecule has 2 N–H and O–H groups in total. The third-order valence-corrected chi connectivity index (χ3v) is 4.51. The molecule has 1 heterocycles. The molecule has 0 unspecified atom stereocenters. The fraction of sp³-hybridized carbons (Fsp3) is 0.474. The van der Waals surface area contributed by atoms with E-state index in [1.54, 1.807) is 0 Å². The van der Waals surface area contributed by atoms with E-state index in [1.807, 2.05) is 13.0 Å². The van der Waals surface area contributed by atoms with Crippen LogP contribution in [0.4, 0.5) is 11.8 Å². The Bertz CT molecular complexity index is 648. The van der Waals surface area contributed by atoms with Crippen LogP contribution in [-0.2, 0) is 6.54 Å². The van der Waals surface area contributed by atoms with E-state index in [2.05, 4.69) is 51.8 Å². The van der Waals surface area contributed by atoms with Crippen LogP contribution < -0.4 is 10.6 Å². The summed E-state index contributed by atoms with van der Waals surface area (Å²) in [6, 6.07) is 11.0. The maximum atomic E-state index is 4.64. The lowest BCUT2D eigenvalue weighted by molar-refractivity contribution is 0.462. The molecule has 2 aromatic rings. The Hall–Kier alpha value is -2.10. The predicted octanol–water partition coefficient (Wildman–Crippen LogP) is 4.45. The Kier molecular flexibility index (Phi) is 5.11. The highest BCUT2D eigenvalue weighted by Crippen LogP contribution is 2.21. The SMILES string of the molecule is Cc1cc(NC2CCCCC2)nc(NCc2ccccc2C)n1. The van der Waals surface area contributed by atoms with Crippen LogP contribution in [0.5, 0.6) is 0 Å². The maximum absolute atomic E-state index is 4.64. The molecular weight excluding hydrogens is 284 g/mol. The fourth-order valence-corrected chi connectivity index (χ4v) is 3.16. The number of hydrogen-bond acceptors (Lipinski definition) is 4. The van der Waals surface area contributed by atoms with E-state index in [0.717, 1.165) is 18.1 Å². The van der Waals surface area contributed by atoms with Gasteiger partial charge in [-0.05, 0) is 37.8 Å². The molecule has 0 radical (unpaired) electrons. The minimum absolute atomic E-state index is 0.558. The van der Waals surface area contributed by atoms with Crippen molar-refractivity contribution in [3.63, 3.8) is 0 Å². The molecule has 1 saturated carbocycles. The van der Waals surface area contributed by atoms with Crippen molar-refractivity contribution < 1.29 is 0 Å². The van der Waals surface area contributed by atoms with Gasteiger partial charge >= 0.3 is 0 Å². The monoisotopic (exact) mass is 310 g/mol. The van der Waals surface area contributed by atoms with Gasteiger partial charge in [-0.3, -0.25) is 0 Å². The van der Waals surface area contributed by atoms with Crippen molar-refractivity contribution in [2.24, 2.45) is 0 Å². The molecule has 1 aromatic carbocycles. The van der Waals surface area contributed by atoms with Gasteiger partial charge < -0.3 is 10.6 Å². The molecule has 1 aliphatic rings. The molecule has 1 aliphatic carbocycles. The molecule has 4 heteroatoms. The molecule has 3 rings (SSSR count). The van der Waals surface area contributed by atoms with Gasteiger partial charge in [-0.2, -0.15) is 4.98 Å². The van der Waals surface area contributed by atoms with Gasteiger partial charge in [-0.25, -0.2) is 4.98 Å². The molecule has 0 aliphatic heterocycles. The average molecular weight is 310 g/mol. The molecule has 1 aromatic heterocycles. The zero-order valence-corrected chi connectivity index (χ0v) is 14.1. The van der Waals surface area contributed by atoms with Crippen LogP contribution in [-0.4, -0.2) is 16.0 Å². The number of benzene rings is 1. The first-order valence-corrected chi connectivity index (χ1v) is 8.61. The minimum Gasteiger partial charge on any atom is -0.367 e. The summed E-state index contributed by atoms with van der Waals surface area (Å²) in [5.74, 6) is 1.64. The number of hydrogen-bond donors (Lipinski definition) is 2. The second-order valence-corrected chi connectivity index (χ2v) is 6.48. The summed E-state index contributed by atoms with van der Waals surface area (Å²) in [5, 5.41) is 6.94. The third-order valence-electron chi connectivity index (χ3n) is 4.51. The topological polar surface area (TPSA) is 49.8 Å². The first-order valence-electron chi connectivity index (χ1n) is 8.61. The molecule has 0 bridgehead atoms. The van der Waals surface area contributed by atoms with Crippen LogP contribution in [0.1, 0.15) is 48.9 Å². The van der Waals surface area contributed by atoms with E-state index < -0.39 is 0 Å². The van der Waals surface area contributed by atoms with Crippen molar-refractivity contribution in [3.05, 3.63) is 47.2 Å². The van der Waals surface area contributed by atoms with Crippen LogP contribution in [0.2, 0.25) is 0 Å².